The number of nitrogen functional groups attached to an aromatic ring is 1. The first-order valence-electron chi connectivity index (χ1n) is 6.66. The van der Waals surface area contributed by atoms with Crippen molar-refractivity contribution >= 4 is 11.4 Å². The number of hydrogen-bond donors (Lipinski definition) is 2. The molecule has 1 aliphatic heterocycles. The van der Waals surface area contributed by atoms with Crippen LogP contribution in [0.4, 0.5) is 11.4 Å². The molecule has 0 radical (unpaired) electrons. The minimum atomic E-state index is -0.194. The van der Waals surface area contributed by atoms with Gasteiger partial charge in [0.2, 0.25) is 0 Å². The van der Waals surface area contributed by atoms with E-state index in [1.807, 2.05) is 19.1 Å². The van der Waals surface area contributed by atoms with Crippen molar-refractivity contribution in [2.45, 2.75) is 19.4 Å². The maximum absolute atomic E-state index is 9.29. The van der Waals surface area contributed by atoms with Crippen molar-refractivity contribution < 1.29 is 5.11 Å². The van der Waals surface area contributed by atoms with E-state index in [4.69, 9.17) is 5.73 Å². The van der Waals surface area contributed by atoms with Gasteiger partial charge in [-0.3, -0.25) is 4.90 Å². The van der Waals surface area contributed by atoms with Gasteiger partial charge in [-0.05, 0) is 37.6 Å². The summed E-state index contributed by atoms with van der Waals surface area (Å²) in [6.45, 7) is 7.07. The second-order valence-corrected chi connectivity index (χ2v) is 5.06. The molecule has 4 nitrogen and oxygen atoms in total. The number of benzene rings is 1. The molecule has 1 saturated heterocycles. The predicted molar refractivity (Wildman–Crippen MR) is 75.8 cm³/mol. The molecule has 18 heavy (non-hydrogen) atoms. The van der Waals surface area contributed by atoms with Crippen LogP contribution in [0.25, 0.3) is 0 Å². The Bertz CT molecular complexity index is 356. The summed E-state index contributed by atoms with van der Waals surface area (Å²) in [5.74, 6) is 0. The van der Waals surface area contributed by atoms with E-state index in [1.165, 1.54) is 5.69 Å². The maximum atomic E-state index is 9.29. The lowest BCUT2D eigenvalue weighted by Crippen LogP contribution is -2.47. The zero-order chi connectivity index (χ0) is 13.0. The van der Waals surface area contributed by atoms with E-state index in [-0.39, 0.29) is 6.10 Å². The molecule has 1 aromatic carbocycles. The van der Waals surface area contributed by atoms with Crippen LogP contribution in [0.2, 0.25) is 0 Å². The van der Waals surface area contributed by atoms with Gasteiger partial charge in [-0.25, -0.2) is 0 Å². The van der Waals surface area contributed by atoms with Gasteiger partial charge < -0.3 is 15.7 Å². The highest BCUT2D eigenvalue weighted by Gasteiger charge is 2.17. The highest BCUT2D eigenvalue weighted by atomic mass is 16.3. The van der Waals surface area contributed by atoms with Gasteiger partial charge in [0, 0.05) is 44.1 Å². The SMILES string of the molecule is CC(O)CCN1CCN(c2ccc(N)cc2)CC1. The van der Waals surface area contributed by atoms with Crippen molar-refractivity contribution in [3.05, 3.63) is 24.3 Å². The van der Waals surface area contributed by atoms with Gasteiger partial charge in [0.25, 0.3) is 0 Å². The zero-order valence-corrected chi connectivity index (χ0v) is 11.0. The zero-order valence-electron chi connectivity index (χ0n) is 11.0. The molecule has 1 unspecified atom stereocenters. The average Bonchev–Trinajstić information content (AvgIpc) is 2.38. The van der Waals surface area contributed by atoms with Crippen LogP contribution >= 0.6 is 0 Å². The summed E-state index contributed by atoms with van der Waals surface area (Å²) in [4.78, 5) is 4.80. The molecular weight excluding hydrogens is 226 g/mol. The molecule has 0 aromatic heterocycles. The Hall–Kier alpha value is -1.26. The van der Waals surface area contributed by atoms with E-state index >= 15 is 0 Å². The molecule has 0 aliphatic carbocycles. The third-order valence-corrected chi connectivity index (χ3v) is 3.49. The van der Waals surface area contributed by atoms with E-state index in [1.54, 1.807) is 0 Å². The number of hydrogen-bond acceptors (Lipinski definition) is 4. The topological polar surface area (TPSA) is 52.7 Å². The molecule has 0 amide bonds. The Morgan fingerprint density at radius 1 is 1.17 bits per heavy atom. The van der Waals surface area contributed by atoms with E-state index in [0.29, 0.717) is 0 Å². The summed E-state index contributed by atoms with van der Waals surface area (Å²) in [6, 6.07) is 8.08. The van der Waals surface area contributed by atoms with Crippen molar-refractivity contribution in [1.82, 2.24) is 4.90 Å². The molecule has 1 heterocycles. The highest BCUT2D eigenvalue weighted by Crippen LogP contribution is 2.18. The van der Waals surface area contributed by atoms with Gasteiger partial charge >= 0.3 is 0 Å². The standard InChI is InChI=1S/C14H23N3O/c1-12(18)6-7-16-8-10-17(11-9-16)14-4-2-13(15)3-5-14/h2-5,12,18H,6-11,15H2,1H3. The Morgan fingerprint density at radius 2 is 1.78 bits per heavy atom. The first-order valence-corrected chi connectivity index (χ1v) is 6.66. The lowest BCUT2D eigenvalue weighted by molar-refractivity contribution is 0.153. The molecule has 0 bridgehead atoms. The lowest BCUT2D eigenvalue weighted by Gasteiger charge is -2.36. The number of aliphatic hydroxyl groups excluding tert-OH is 1. The Balaban J connectivity index is 1.81. The van der Waals surface area contributed by atoms with E-state index in [9.17, 15) is 5.11 Å². The molecule has 0 spiro atoms. The molecule has 1 atom stereocenters. The second kappa shape index (κ2) is 6.07. The van der Waals surface area contributed by atoms with Crippen LogP contribution in [-0.2, 0) is 0 Å². The normalized spacial score (nSPS) is 18.9. The van der Waals surface area contributed by atoms with Crippen molar-refractivity contribution in [1.29, 1.82) is 0 Å². The van der Waals surface area contributed by atoms with Gasteiger partial charge in [-0.2, -0.15) is 0 Å². The Kier molecular flexibility index (Phi) is 4.44. The van der Waals surface area contributed by atoms with E-state index in [0.717, 1.165) is 44.8 Å². The molecule has 1 aromatic rings. The molecule has 100 valence electrons. The van der Waals surface area contributed by atoms with Gasteiger partial charge in [-0.1, -0.05) is 0 Å². The number of rotatable bonds is 4. The molecule has 3 N–H and O–H groups in total. The van der Waals surface area contributed by atoms with Crippen molar-refractivity contribution in [2.24, 2.45) is 0 Å². The minimum Gasteiger partial charge on any atom is -0.399 e. The van der Waals surface area contributed by atoms with Gasteiger partial charge in [0.1, 0.15) is 0 Å². The summed E-state index contributed by atoms with van der Waals surface area (Å²) in [6.07, 6.45) is 0.669. The first kappa shape index (κ1) is 13.2. The van der Waals surface area contributed by atoms with Gasteiger partial charge in [0.05, 0.1) is 6.10 Å². The van der Waals surface area contributed by atoms with E-state index < -0.39 is 0 Å². The van der Waals surface area contributed by atoms with Crippen LogP contribution in [0, 0.1) is 0 Å². The Morgan fingerprint density at radius 3 is 2.33 bits per heavy atom. The number of aliphatic hydroxyl groups is 1. The molecular formula is C14H23N3O. The summed E-state index contributed by atoms with van der Waals surface area (Å²) in [5.41, 5.74) is 7.76. The smallest absolute Gasteiger partial charge is 0.0524 e. The van der Waals surface area contributed by atoms with Crippen LogP contribution in [0.5, 0.6) is 0 Å². The van der Waals surface area contributed by atoms with Crippen molar-refractivity contribution in [2.75, 3.05) is 43.4 Å². The maximum Gasteiger partial charge on any atom is 0.0524 e. The number of anilines is 2. The minimum absolute atomic E-state index is 0.194. The van der Waals surface area contributed by atoms with Crippen LogP contribution in [0.15, 0.2) is 24.3 Å². The fourth-order valence-electron chi connectivity index (χ4n) is 2.28. The van der Waals surface area contributed by atoms with Gasteiger partial charge in [0.15, 0.2) is 0 Å². The Labute approximate surface area is 109 Å². The second-order valence-electron chi connectivity index (χ2n) is 5.06. The fourth-order valence-corrected chi connectivity index (χ4v) is 2.28. The van der Waals surface area contributed by atoms with Crippen molar-refractivity contribution in [3.63, 3.8) is 0 Å². The lowest BCUT2D eigenvalue weighted by atomic mass is 10.2. The predicted octanol–water partition coefficient (Wildman–Crippen LogP) is 1.16. The number of nitrogens with two attached hydrogens (primary N) is 1. The summed E-state index contributed by atoms with van der Waals surface area (Å²) in [5, 5.41) is 9.29. The fraction of sp³-hybridized carbons (Fsp3) is 0.571. The average molecular weight is 249 g/mol. The first-order chi connectivity index (χ1) is 8.65. The van der Waals surface area contributed by atoms with E-state index in [2.05, 4.69) is 21.9 Å². The molecule has 1 fully saturated rings. The van der Waals surface area contributed by atoms with Crippen LogP contribution in [-0.4, -0.2) is 48.8 Å². The molecule has 0 saturated carbocycles. The summed E-state index contributed by atoms with van der Waals surface area (Å²) < 4.78 is 0. The third kappa shape index (κ3) is 3.62. The highest BCUT2D eigenvalue weighted by molar-refractivity contribution is 5.53. The monoisotopic (exact) mass is 249 g/mol. The molecule has 2 rings (SSSR count). The van der Waals surface area contributed by atoms with Crippen LogP contribution in [0.1, 0.15) is 13.3 Å². The summed E-state index contributed by atoms with van der Waals surface area (Å²) in [7, 11) is 0. The molecule has 4 heteroatoms. The van der Waals surface area contributed by atoms with Gasteiger partial charge in [-0.15, -0.1) is 0 Å². The molecule has 1 aliphatic rings. The quantitative estimate of drug-likeness (QED) is 0.786. The summed E-state index contributed by atoms with van der Waals surface area (Å²) >= 11 is 0. The largest absolute Gasteiger partial charge is 0.399 e. The number of nitrogens with zero attached hydrogens (tertiary/aromatic N) is 2. The third-order valence-electron chi connectivity index (χ3n) is 3.49. The van der Waals surface area contributed by atoms with Crippen LogP contribution in [0.3, 0.4) is 0 Å². The number of piperazine rings is 1. The van der Waals surface area contributed by atoms with Crippen molar-refractivity contribution in [3.8, 4) is 0 Å². The van der Waals surface area contributed by atoms with Crippen LogP contribution < -0.4 is 10.6 Å².